The van der Waals surface area contributed by atoms with Gasteiger partial charge in [-0.3, -0.25) is 0 Å². The van der Waals surface area contributed by atoms with Crippen LogP contribution >= 0.6 is 11.8 Å². The van der Waals surface area contributed by atoms with E-state index in [0.29, 0.717) is 10.9 Å². The number of tetrazole rings is 1. The Balaban J connectivity index is 2.11. The molecule has 1 amide bonds. The van der Waals surface area contributed by atoms with E-state index >= 15 is 0 Å². The van der Waals surface area contributed by atoms with Crippen LogP contribution in [0.15, 0.2) is 5.16 Å². The summed E-state index contributed by atoms with van der Waals surface area (Å²) in [5.41, 5.74) is 0. The van der Waals surface area contributed by atoms with E-state index in [4.69, 9.17) is 0 Å². The van der Waals surface area contributed by atoms with Gasteiger partial charge in [-0.15, -0.1) is 5.10 Å². The van der Waals surface area contributed by atoms with Crippen molar-refractivity contribution in [3.05, 3.63) is 0 Å². The number of thioether (sulfide) groups is 1. The number of carbonyl (C=O) groups is 1. The highest BCUT2D eigenvalue weighted by Gasteiger charge is 2.29. The maximum Gasteiger partial charge on any atom is 0.422 e. The van der Waals surface area contributed by atoms with Crippen molar-refractivity contribution in [2.75, 3.05) is 18.9 Å². The molecule has 1 aromatic rings. The first-order valence-electron chi connectivity index (χ1n) is 4.71. The predicted molar refractivity (Wildman–Crippen MR) is 54.9 cm³/mol. The van der Waals surface area contributed by atoms with E-state index in [9.17, 15) is 18.0 Å². The number of hydrogen-bond acceptors (Lipinski definition) is 6. The summed E-state index contributed by atoms with van der Waals surface area (Å²) in [6, 6.07) is 0. The number of carbonyl (C=O) groups excluding carboxylic acids is 1. The van der Waals surface area contributed by atoms with Crippen LogP contribution in [0.4, 0.5) is 18.0 Å². The quantitative estimate of drug-likeness (QED) is 0.630. The zero-order valence-electron chi connectivity index (χ0n) is 9.27. The van der Waals surface area contributed by atoms with Gasteiger partial charge >= 0.3 is 12.3 Å². The van der Waals surface area contributed by atoms with Gasteiger partial charge in [0.25, 0.3) is 0 Å². The molecule has 0 aromatic carbocycles. The number of amides is 1. The zero-order chi connectivity index (χ0) is 13.6. The van der Waals surface area contributed by atoms with Gasteiger partial charge < -0.3 is 10.1 Å². The Morgan fingerprint density at radius 1 is 1.56 bits per heavy atom. The van der Waals surface area contributed by atoms with Gasteiger partial charge in [0.1, 0.15) is 0 Å². The fourth-order valence-corrected chi connectivity index (χ4v) is 1.54. The molecule has 102 valence electrons. The number of hydrogen-bond donors (Lipinski definition) is 1. The molecule has 0 aliphatic heterocycles. The fourth-order valence-electron chi connectivity index (χ4n) is 0.837. The van der Waals surface area contributed by atoms with Crippen LogP contribution in [0.5, 0.6) is 0 Å². The normalized spacial score (nSPS) is 11.3. The van der Waals surface area contributed by atoms with Crippen molar-refractivity contribution >= 4 is 17.9 Å². The fraction of sp³-hybridized carbons (Fsp3) is 0.714. The highest BCUT2D eigenvalue weighted by molar-refractivity contribution is 7.99. The lowest BCUT2D eigenvalue weighted by atomic mass is 10.7. The maximum atomic E-state index is 11.7. The number of alkyl halides is 3. The van der Waals surface area contributed by atoms with Crippen LogP contribution in [0.1, 0.15) is 0 Å². The Morgan fingerprint density at radius 3 is 2.83 bits per heavy atom. The van der Waals surface area contributed by atoms with E-state index in [1.54, 1.807) is 7.05 Å². The molecule has 1 N–H and O–H groups in total. The number of nitrogens with zero attached hydrogens (tertiary/aromatic N) is 4. The van der Waals surface area contributed by atoms with Gasteiger partial charge in [-0.05, 0) is 10.4 Å². The topological polar surface area (TPSA) is 81.9 Å². The molecule has 0 radical (unpaired) electrons. The average molecular weight is 285 g/mol. The molecule has 0 atom stereocenters. The first-order chi connectivity index (χ1) is 8.38. The van der Waals surface area contributed by atoms with Gasteiger partial charge in [0.2, 0.25) is 5.16 Å². The predicted octanol–water partition coefficient (Wildman–Crippen LogP) is 0.591. The molecule has 0 aliphatic rings. The third-order valence-electron chi connectivity index (χ3n) is 1.55. The molecular formula is C7H10F3N5O2S. The molecule has 0 fully saturated rings. The molecule has 0 aliphatic carbocycles. The Labute approximate surface area is 104 Å². The van der Waals surface area contributed by atoms with Gasteiger partial charge in [0, 0.05) is 19.3 Å². The summed E-state index contributed by atoms with van der Waals surface area (Å²) >= 11 is 1.25. The highest BCUT2D eigenvalue weighted by Crippen LogP contribution is 2.14. The van der Waals surface area contributed by atoms with Crippen LogP contribution < -0.4 is 5.32 Å². The van der Waals surface area contributed by atoms with E-state index in [2.05, 4.69) is 25.6 Å². The van der Waals surface area contributed by atoms with Crippen molar-refractivity contribution in [3.63, 3.8) is 0 Å². The zero-order valence-corrected chi connectivity index (χ0v) is 10.1. The molecule has 0 unspecified atom stereocenters. The third-order valence-corrected chi connectivity index (χ3v) is 2.56. The van der Waals surface area contributed by atoms with Gasteiger partial charge in [-0.1, -0.05) is 11.8 Å². The summed E-state index contributed by atoms with van der Waals surface area (Å²) in [7, 11) is 1.65. The summed E-state index contributed by atoms with van der Waals surface area (Å²) < 4.78 is 40.5. The molecule has 0 spiro atoms. The Bertz CT molecular complexity index is 397. The van der Waals surface area contributed by atoms with E-state index in [1.807, 2.05) is 0 Å². The molecule has 0 saturated heterocycles. The van der Waals surface area contributed by atoms with Crippen LogP contribution in [0.2, 0.25) is 0 Å². The smallest absolute Gasteiger partial charge is 0.422 e. The second-order valence-electron chi connectivity index (χ2n) is 3.05. The monoisotopic (exact) mass is 285 g/mol. The lowest BCUT2D eigenvalue weighted by molar-refractivity contribution is -0.160. The van der Waals surface area contributed by atoms with E-state index in [0.717, 1.165) is 0 Å². The second-order valence-corrected chi connectivity index (χ2v) is 4.11. The molecule has 1 aromatic heterocycles. The maximum absolute atomic E-state index is 11.7. The number of alkyl carbamates (subject to hydrolysis) is 1. The number of nitrogens with one attached hydrogen (secondary N) is 1. The van der Waals surface area contributed by atoms with Crippen molar-refractivity contribution in [1.82, 2.24) is 25.5 Å². The number of ether oxygens (including phenoxy) is 1. The number of aryl methyl sites for hydroxylation is 1. The molecule has 1 rings (SSSR count). The standard InChI is InChI=1S/C7H10F3N5O2S/c1-15-5(12-13-14-15)18-3-2-11-6(16)17-4-7(8,9)10/h2-4H2,1H3,(H,11,16). The van der Waals surface area contributed by atoms with Crippen LogP contribution in [0, 0.1) is 0 Å². The van der Waals surface area contributed by atoms with Crippen molar-refractivity contribution in [1.29, 1.82) is 0 Å². The number of halogens is 3. The van der Waals surface area contributed by atoms with Crippen LogP contribution in [0.25, 0.3) is 0 Å². The van der Waals surface area contributed by atoms with Crippen LogP contribution in [0.3, 0.4) is 0 Å². The molecule has 18 heavy (non-hydrogen) atoms. The SMILES string of the molecule is Cn1nnnc1SCCNC(=O)OCC(F)(F)F. The molecule has 11 heteroatoms. The van der Waals surface area contributed by atoms with Crippen molar-refractivity contribution < 1.29 is 22.7 Å². The van der Waals surface area contributed by atoms with Crippen molar-refractivity contribution in [2.45, 2.75) is 11.3 Å². The summed E-state index contributed by atoms with van der Waals surface area (Å²) in [4.78, 5) is 10.8. The largest absolute Gasteiger partial charge is 0.440 e. The Hall–Kier alpha value is -1.52. The molecular weight excluding hydrogens is 275 g/mol. The first-order valence-corrected chi connectivity index (χ1v) is 5.69. The van der Waals surface area contributed by atoms with E-state index in [1.165, 1.54) is 16.4 Å². The highest BCUT2D eigenvalue weighted by atomic mass is 32.2. The summed E-state index contributed by atoms with van der Waals surface area (Å²) in [5, 5.41) is 13.4. The minimum Gasteiger partial charge on any atom is -0.440 e. The molecule has 0 saturated carbocycles. The summed E-state index contributed by atoms with van der Waals surface area (Å²) in [5.74, 6) is 0.412. The van der Waals surface area contributed by atoms with Crippen molar-refractivity contribution in [2.24, 2.45) is 7.05 Å². The van der Waals surface area contributed by atoms with E-state index in [-0.39, 0.29) is 6.54 Å². The average Bonchev–Trinajstić information content (AvgIpc) is 2.67. The minimum absolute atomic E-state index is 0.147. The number of rotatable bonds is 5. The van der Waals surface area contributed by atoms with Gasteiger partial charge in [-0.2, -0.15) is 13.2 Å². The Morgan fingerprint density at radius 2 is 2.28 bits per heavy atom. The lowest BCUT2D eigenvalue weighted by Gasteiger charge is -2.08. The van der Waals surface area contributed by atoms with Gasteiger partial charge in [0.15, 0.2) is 6.61 Å². The first kappa shape index (κ1) is 14.5. The lowest BCUT2D eigenvalue weighted by Crippen LogP contribution is -2.30. The van der Waals surface area contributed by atoms with Crippen molar-refractivity contribution in [3.8, 4) is 0 Å². The van der Waals surface area contributed by atoms with Gasteiger partial charge in [0.05, 0.1) is 0 Å². The Kier molecular flexibility index (Phi) is 5.19. The van der Waals surface area contributed by atoms with Crippen LogP contribution in [-0.2, 0) is 11.8 Å². The second kappa shape index (κ2) is 6.42. The molecule has 7 nitrogen and oxygen atoms in total. The summed E-state index contributed by atoms with van der Waals surface area (Å²) in [6.45, 7) is -1.45. The van der Waals surface area contributed by atoms with Gasteiger partial charge in [-0.25, -0.2) is 9.48 Å². The van der Waals surface area contributed by atoms with Crippen LogP contribution in [-0.4, -0.2) is 51.4 Å². The van der Waals surface area contributed by atoms with E-state index < -0.39 is 18.9 Å². The minimum atomic E-state index is -4.52. The number of aromatic nitrogens is 4. The summed E-state index contributed by atoms with van der Waals surface area (Å²) in [6.07, 6.45) is -5.62. The molecule has 0 bridgehead atoms. The molecule has 1 heterocycles. The third kappa shape index (κ3) is 5.70.